The Balaban J connectivity index is 1.97. The number of rotatable bonds is 3. The van der Waals surface area contributed by atoms with Gasteiger partial charge in [0.1, 0.15) is 5.82 Å². The molecule has 2 aromatic carbocycles. The minimum Gasteiger partial charge on any atom is -0.465 e. The molecule has 7 heteroatoms. The van der Waals surface area contributed by atoms with E-state index in [9.17, 15) is 14.0 Å². The van der Waals surface area contributed by atoms with Crippen molar-refractivity contribution in [2.75, 3.05) is 11.9 Å². The second-order valence-corrected chi connectivity index (χ2v) is 6.01. The van der Waals surface area contributed by atoms with Gasteiger partial charge in [-0.2, -0.15) is 0 Å². The highest BCUT2D eigenvalue weighted by atomic mass is 19.1. The Kier molecular flexibility index (Phi) is 3.91. The summed E-state index contributed by atoms with van der Waals surface area (Å²) in [5.74, 6) is -2.42. The molecule has 0 radical (unpaired) electrons. The smallest absolute Gasteiger partial charge is 0.321 e. The lowest BCUT2D eigenvalue weighted by atomic mass is 9.90. The van der Waals surface area contributed by atoms with E-state index in [2.05, 4.69) is 10.3 Å². The number of nitrogens with zero attached hydrogens (tertiary/aromatic N) is 2. The first-order chi connectivity index (χ1) is 12.6. The van der Waals surface area contributed by atoms with Gasteiger partial charge in [-0.15, -0.1) is 0 Å². The van der Waals surface area contributed by atoms with Gasteiger partial charge in [0.15, 0.2) is 5.92 Å². The molecule has 0 bridgehead atoms. The summed E-state index contributed by atoms with van der Waals surface area (Å²) < 4.78 is 20.7. The standard InChI is InChI=1S/C19H16FN3O3/c1-2-26-18(25)15-16(11-6-5-7-12(20)10-11)23-14-9-4-3-8-13(14)21-19(23)22-17(15)24/h3-10,15-16H,2H2,1H3,(H,21,22,24)/t15-,16-/m1/s1. The lowest BCUT2D eigenvalue weighted by Gasteiger charge is -2.32. The van der Waals surface area contributed by atoms with Gasteiger partial charge in [0.2, 0.25) is 11.9 Å². The predicted molar refractivity (Wildman–Crippen MR) is 93.0 cm³/mol. The van der Waals surface area contributed by atoms with Gasteiger partial charge in [-0.25, -0.2) is 9.37 Å². The van der Waals surface area contributed by atoms with Gasteiger partial charge in [0.05, 0.1) is 23.7 Å². The molecule has 0 spiro atoms. The van der Waals surface area contributed by atoms with Gasteiger partial charge in [0, 0.05) is 0 Å². The maximum absolute atomic E-state index is 13.9. The van der Waals surface area contributed by atoms with Crippen LogP contribution in [0.3, 0.4) is 0 Å². The number of amides is 1. The molecule has 2 heterocycles. The number of anilines is 1. The van der Waals surface area contributed by atoms with Crippen molar-refractivity contribution in [2.45, 2.75) is 13.0 Å². The Bertz CT molecular complexity index is 1010. The molecule has 132 valence electrons. The molecule has 0 fully saturated rings. The molecule has 1 amide bonds. The van der Waals surface area contributed by atoms with Crippen molar-refractivity contribution in [2.24, 2.45) is 5.92 Å². The first-order valence-electron chi connectivity index (χ1n) is 8.30. The van der Waals surface area contributed by atoms with E-state index in [0.29, 0.717) is 17.0 Å². The fraction of sp³-hybridized carbons (Fsp3) is 0.211. The number of carbonyl (C=O) groups excluding carboxylic acids is 2. The van der Waals surface area contributed by atoms with Gasteiger partial charge in [0.25, 0.3) is 0 Å². The van der Waals surface area contributed by atoms with E-state index < -0.39 is 29.7 Å². The Hall–Kier alpha value is -3.22. The zero-order valence-electron chi connectivity index (χ0n) is 14.0. The topological polar surface area (TPSA) is 73.2 Å². The zero-order chi connectivity index (χ0) is 18.3. The maximum Gasteiger partial charge on any atom is 0.321 e. The lowest BCUT2D eigenvalue weighted by Crippen LogP contribution is -2.43. The number of nitrogens with one attached hydrogen (secondary N) is 1. The minimum absolute atomic E-state index is 0.149. The van der Waals surface area contributed by atoms with Crippen LogP contribution in [0.15, 0.2) is 48.5 Å². The fourth-order valence-corrected chi connectivity index (χ4v) is 3.39. The van der Waals surface area contributed by atoms with Crippen molar-refractivity contribution in [1.29, 1.82) is 0 Å². The average molecular weight is 353 g/mol. The quantitative estimate of drug-likeness (QED) is 0.580. The highest BCUT2D eigenvalue weighted by Crippen LogP contribution is 2.38. The maximum atomic E-state index is 13.9. The molecule has 0 unspecified atom stereocenters. The van der Waals surface area contributed by atoms with Crippen molar-refractivity contribution < 1.29 is 18.7 Å². The van der Waals surface area contributed by atoms with Gasteiger partial charge < -0.3 is 9.30 Å². The van der Waals surface area contributed by atoms with Gasteiger partial charge >= 0.3 is 5.97 Å². The lowest BCUT2D eigenvalue weighted by molar-refractivity contribution is -0.152. The van der Waals surface area contributed by atoms with Crippen LogP contribution in [-0.2, 0) is 14.3 Å². The van der Waals surface area contributed by atoms with E-state index in [1.165, 1.54) is 12.1 Å². The molecule has 4 rings (SSSR count). The molecular formula is C19H16FN3O3. The number of halogens is 1. The Labute approximate surface area is 148 Å². The number of ether oxygens (including phenoxy) is 1. The second-order valence-electron chi connectivity index (χ2n) is 6.01. The number of benzene rings is 2. The van der Waals surface area contributed by atoms with Crippen LogP contribution < -0.4 is 5.32 Å². The SMILES string of the molecule is CCOC(=O)[C@H]1C(=O)Nc2nc3ccccc3n2[C@@H]1c1cccc(F)c1. The zero-order valence-corrected chi connectivity index (χ0v) is 14.0. The van der Waals surface area contributed by atoms with E-state index >= 15 is 0 Å². The largest absolute Gasteiger partial charge is 0.465 e. The van der Waals surface area contributed by atoms with Crippen molar-refractivity contribution in [1.82, 2.24) is 9.55 Å². The monoisotopic (exact) mass is 353 g/mol. The first kappa shape index (κ1) is 16.3. The van der Waals surface area contributed by atoms with Crippen LogP contribution in [0, 0.1) is 11.7 Å². The molecule has 1 aliphatic rings. The molecule has 1 N–H and O–H groups in total. The Morgan fingerprint density at radius 1 is 1.27 bits per heavy atom. The Morgan fingerprint density at radius 3 is 2.85 bits per heavy atom. The highest BCUT2D eigenvalue weighted by Gasteiger charge is 2.44. The van der Waals surface area contributed by atoms with Gasteiger partial charge in [-0.1, -0.05) is 24.3 Å². The van der Waals surface area contributed by atoms with Crippen molar-refractivity contribution >= 4 is 28.9 Å². The van der Waals surface area contributed by atoms with E-state index in [1.807, 2.05) is 24.3 Å². The van der Waals surface area contributed by atoms with Crippen LogP contribution >= 0.6 is 0 Å². The molecule has 6 nitrogen and oxygen atoms in total. The van der Waals surface area contributed by atoms with E-state index in [0.717, 1.165) is 5.52 Å². The van der Waals surface area contributed by atoms with Crippen molar-refractivity contribution in [3.05, 3.63) is 59.9 Å². The number of hydrogen-bond acceptors (Lipinski definition) is 4. The molecule has 1 aliphatic heterocycles. The summed E-state index contributed by atoms with van der Waals surface area (Å²) in [5, 5.41) is 2.67. The van der Waals surface area contributed by atoms with Crippen LogP contribution in [0.4, 0.5) is 10.3 Å². The summed E-state index contributed by atoms with van der Waals surface area (Å²) in [5.41, 5.74) is 1.92. The number of fused-ring (bicyclic) bond motifs is 3. The van der Waals surface area contributed by atoms with Crippen LogP contribution in [0.25, 0.3) is 11.0 Å². The van der Waals surface area contributed by atoms with Crippen LogP contribution in [0.2, 0.25) is 0 Å². The fourth-order valence-electron chi connectivity index (χ4n) is 3.39. The van der Waals surface area contributed by atoms with Crippen LogP contribution in [-0.4, -0.2) is 28.0 Å². The summed E-state index contributed by atoms with van der Waals surface area (Å²) in [7, 11) is 0. The molecule has 0 saturated heterocycles. The highest BCUT2D eigenvalue weighted by molar-refractivity contribution is 6.07. The molecule has 0 aliphatic carbocycles. The summed E-state index contributed by atoms with van der Waals surface area (Å²) >= 11 is 0. The van der Waals surface area contributed by atoms with Gasteiger partial charge in [-0.05, 0) is 36.8 Å². The number of imidazole rings is 1. The summed E-state index contributed by atoms with van der Waals surface area (Å²) in [6.45, 7) is 1.82. The summed E-state index contributed by atoms with van der Waals surface area (Å²) in [6, 6.07) is 12.5. The number of carbonyl (C=O) groups is 2. The van der Waals surface area contributed by atoms with Crippen molar-refractivity contribution in [3.8, 4) is 0 Å². The normalized spacial score (nSPS) is 19.1. The van der Waals surface area contributed by atoms with Gasteiger partial charge in [-0.3, -0.25) is 14.9 Å². The third-order valence-electron chi connectivity index (χ3n) is 4.44. The molecule has 2 atom stereocenters. The molecular weight excluding hydrogens is 337 g/mol. The van der Waals surface area contributed by atoms with E-state index in [-0.39, 0.29) is 6.61 Å². The number of esters is 1. The van der Waals surface area contributed by atoms with Crippen LogP contribution in [0.5, 0.6) is 0 Å². The third-order valence-corrected chi connectivity index (χ3v) is 4.44. The Morgan fingerprint density at radius 2 is 2.08 bits per heavy atom. The summed E-state index contributed by atoms with van der Waals surface area (Å²) in [6.07, 6.45) is 0. The molecule has 26 heavy (non-hydrogen) atoms. The van der Waals surface area contributed by atoms with Crippen molar-refractivity contribution in [3.63, 3.8) is 0 Å². The van der Waals surface area contributed by atoms with E-state index in [4.69, 9.17) is 4.74 Å². The first-order valence-corrected chi connectivity index (χ1v) is 8.30. The minimum atomic E-state index is -1.14. The number of hydrogen-bond donors (Lipinski definition) is 1. The third kappa shape index (κ3) is 2.52. The molecule has 0 saturated carbocycles. The summed E-state index contributed by atoms with van der Waals surface area (Å²) in [4.78, 5) is 29.6. The molecule has 3 aromatic rings. The predicted octanol–water partition coefficient (Wildman–Crippen LogP) is 2.90. The molecule has 1 aromatic heterocycles. The second kappa shape index (κ2) is 6.25. The number of aromatic nitrogens is 2. The number of para-hydroxylation sites is 2. The van der Waals surface area contributed by atoms with Crippen LogP contribution in [0.1, 0.15) is 18.5 Å². The van der Waals surface area contributed by atoms with E-state index in [1.54, 1.807) is 23.6 Å². The average Bonchev–Trinajstić information content (AvgIpc) is 2.98.